The van der Waals surface area contributed by atoms with Crippen molar-refractivity contribution in [3.63, 3.8) is 0 Å². The van der Waals surface area contributed by atoms with Crippen molar-refractivity contribution >= 4 is 0 Å². The zero-order valence-corrected chi connectivity index (χ0v) is 11.5. The molecule has 0 aromatic heterocycles. The number of benzene rings is 1. The molecule has 0 unspecified atom stereocenters. The molecule has 0 N–H and O–H groups in total. The maximum absolute atomic E-state index is 2.38. The van der Waals surface area contributed by atoms with Crippen LogP contribution in [0.5, 0.6) is 0 Å². The average Bonchev–Trinajstić information content (AvgIpc) is 2.39. The molecule has 17 heavy (non-hydrogen) atoms. The highest BCUT2D eigenvalue weighted by molar-refractivity contribution is 5.19. The van der Waals surface area contributed by atoms with Crippen LogP contribution in [-0.2, 0) is 0 Å². The predicted octanol–water partition coefficient (Wildman–Crippen LogP) is 3.81. The van der Waals surface area contributed by atoms with Crippen LogP contribution in [0.3, 0.4) is 0 Å². The molecule has 1 saturated heterocycles. The summed E-state index contributed by atoms with van der Waals surface area (Å²) >= 11 is 0. The molecular formula is C16H26N+. The van der Waals surface area contributed by atoms with Gasteiger partial charge in [0.25, 0.3) is 0 Å². The number of hydrogen-bond acceptors (Lipinski definition) is 0. The predicted molar refractivity (Wildman–Crippen MR) is 74.1 cm³/mol. The van der Waals surface area contributed by atoms with E-state index in [0.717, 1.165) is 12.0 Å². The Balaban J connectivity index is 2.03. The van der Waals surface area contributed by atoms with Crippen LogP contribution in [0.25, 0.3) is 0 Å². The normalized spacial score (nSPS) is 29.5. The lowest BCUT2D eigenvalue weighted by Gasteiger charge is -2.46. The van der Waals surface area contributed by atoms with Gasteiger partial charge in [-0.2, -0.15) is 0 Å². The molecule has 0 radical (unpaired) electrons. The van der Waals surface area contributed by atoms with Crippen LogP contribution in [0, 0.1) is 0 Å². The summed E-state index contributed by atoms with van der Waals surface area (Å²) in [5.41, 5.74) is 1.55. The maximum atomic E-state index is 2.38. The Hall–Kier alpha value is -0.820. The molecule has 0 aliphatic carbocycles. The molecule has 1 aromatic carbocycles. The molecule has 0 amide bonds. The minimum Gasteiger partial charge on any atom is -0.322 e. The minimum absolute atomic E-state index is 0.775. The summed E-state index contributed by atoms with van der Waals surface area (Å²) in [5.74, 6) is 0.799. The Kier molecular flexibility index (Phi) is 3.88. The summed E-state index contributed by atoms with van der Waals surface area (Å²) in [5, 5.41) is 0. The second kappa shape index (κ2) is 5.22. The quantitative estimate of drug-likeness (QED) is 0.695. The first-order valence-corrected chi connectivity index (χ1v) is 7.08. The molecule has 1 heterocycles. The van der Waals surface area contributed by atoms with Crippen molar-refractivity contribution in [2.75, 3.05) is 19.6 Å². The van der Waals surface area contributed by atoms with Gasteiger partial charge in [-0.05, 0) is 32.3 Å². The van der Waals surface area contributed by atoms with E-state index in [0.29, 0.717) is 0 Å². The lowest BCUT2D eigenvalue weighted by Crippen LogP contribution is -2.56. The van der Waals surface area contributed by atoms with Gasteiger partial charge in [0.1, 0.15) is 0 Å². The van der Waals surface area contributed by atoms with Crippen LogP contribution in [0.15, 0.2) is 30.3 Å². The smallest absolute Gasteiger partial charge is 0.0833 e. The van der Waals surface area contributed by atoms with E-state index in [1.807, 2.05) is 0 Å². The summed E-state index contributed by atoms with van der Waals surface area (Å²) in [6.45, 7) is 11.1. The Bertz CT molecular complexity index is 334. The minimum atomic E-state index is 0.775. The van der Waals surface area contributed by atoms with E-state index < -0.39 is 0 Å². The van der Waals surface area contributed by atoms with Crippen LogP contribution in [0.2, 0.25) is 0 Å². The third-order valence-corrected chi connectivity index (χ3v) is 4.84. The lowest BCUT2D eigenvalue weighted by atomic mass is 9.87. The highest BCUT2D eigenvalue weighted by Gasteiger charge is 2.35. The molecular weight excluding hydrogens is 206 g/mol. The van der Waals surface area contributed by atoms with Crippen molar-refractivity contribution in [3.05, 3.63) is 35.9 Å². The van der Waals surface area contributed by atoms with Gasteiger partial charge in [-0.3, -0.25) is 0 Å². The fourth-order valence-corrected chi connectivity index (χ4v) is 3.34. The van der Waals surface area contributed by atoms with E-state index in [1.54, 1.807) is 5.56 Å². The van der Waals surface area contributed by atoms with Crippen LogP contribution in [-0.4, -0.2) is 30.2 Å². The van der Waals surface area contributed by atoms with Gasteiger partial charge in [0, 0.05) is 12.8 Å². The van der Waals surface area contributed by atoms with Crippen LogP contribution in [0.4, 0.5) is 0 Å². The lowest BCUT2D eigenvalue weighted by molar-refractivity contribution is -0.950. The fourth-order valence-electron chi connectivity index (χ4n) is 3.34. The van der Waals surface area contributed by atoms with Crippen LogP contribution in [0.1, 0.15) is 45.1 Å². The number of piperidine rings is 1. The summed E-state index contributed by atoms with van der Waals surface area (Å²) in [6.07, 6.45) is 2.71. The molecule has 1 aliphatic heterocycles. The van der Waals surface area contributed by atoms with Crippen molar-refractivity contribution in [3.8, 4) is 0 Å². The van der Waals surface area contributed by atoms with Crippen molar-refractivity contribution in [1.82, 2.24) is 0 Å². The van der Waals surface area contributed by atoms with Gasteiger partial charge in [-0.15, -0.1) is 0 Å². The van der Waals surface area contributed by atoms with Crippen LogP contribution < -0.4 is 0 Å². The molecule has 1 nitrogen and oxygen atoms in total. The molecule has 1 fully saturated rings. The van der Waals surface area contributed by atoms with Gasteiger partial charge >= 0.3 is 0 Å². The zero-order valence-electron chi connectivity index (χ0n) is 11.5. The fraction of sp³-hybridized carbons (Fsp3) is 0.625. The van der Waals surface area contributed by atoms with Gasteiger partial charge in [-0.25, -0.2) is 0 Å². The molecule has 94 valence electrons. The Morgan fingerprint density at radius 1 is 1.12 bits per heavy atom. The molecule has 1 aromatic rings. The van der Waals surface area contributed by atoms with Gasteiger partial charge in [-0.1, -0.05) is 30.3 Å². The first-order valence-electron chi connectivity index (χ1n) is 7.08. The topological polar surface area (TPSA) is 0 Å². The molecule has 1 aliphatic rings. The monoisotopic (exact) mass is 232 g/mol. The molecule has 0 spiro atoms. The third kappa shape index (κ3) is 2.55. The van der Waals surface area contributed by atoms with E-state index >= 15 is 0 Å². The number of rotatable bonds is 3. The number of likely N-dealkylation sites (tertiary alicyclic amines) is 1. The molecule has 0 atom stereocenters. The van der Waals surface area contributed by atoms with Crippen molar-refractivity contribution in [2.45, 2.75) is 45.6 Å². The maximum Gasteiger partial charge on any atom is 0.0833 e. The highest BCUT2D eigenvalue weighted by atomic mass is 15.4. The Labute approximate surface area is 106 Å². The average molecular weight is 232 g/mol. The van der Waals surface area contributed by atoms with E-state index in [9.17, 15) is 0 Å². The number of quaternary nitrogens is 1. The second-order valence-electron chi connectivity index (χ2n) is 5.76. The summed E-state index contributed by atoms with van der Waals surface area (Å²) in [7, 11) is 0. The van der Waals surface area contributed by atoms with Crippen molar-refractivity contribution in [2.24, 2.45) is 0 Å². The van der Waals surface area contributed by atoms with E-state index in [1.165, 1.54) is 37.0 Å². The molecule has 0 bridgehead atoms. The first-order chi connectivity index (χ1) is 8.18. The van der Waals surface area contributed by atoms with Crippen LogP contribution >= 0.6 is 0 Å². The molecule has 2 rings (SSSR count). The second-order valence-corrected chi connectivity index (χ2v) is 5.76. The molecule has 1 heteroatoms. The summed E-state index contributed by atoms with van der Waals surface area (Å²) < 4.78 is 1.32. The zero-order chi connectivity index (χ0) is 12.3. The third-order valence-electron chi connectivity index (χ3n) is 4.84. The highest BCUT2D eigenvalue weighted by Crippen LogP contribution is 2.32. The van der Waals surface area contributed by atoms with E-state index in [-0.39, 0.29) is 0 Å². The van der Waals surface area contributed by atoms with Crippen molar-refractivity contribution in [1.29, 1.82) is 0 Å². The largest absolute Gasteiger partial charge is 0.322 e. The summed E-state index contributed by atoms with van der Waals surface area (Å²) in [6, 6.07) is 11.8. The van der Waals surface area contributed by atoms with E-state index in [2.05, 4.69) is 51.1 Å². The number of hydrogen-bond donors (Lipinski definition) is 0. The number of nitrogens with zero attached hydrogens (tertiary/aromatic N) is 1. The van der Waals surface area contributed by atoms with Gasteiger partial charge in [0.2, 0.25) is 0 Å². The Morgan fingerprint density at radius 2 is 1.71 bits per heavy atom. The first kappa shape index (κ1) is 12.6. The summed E-state index contributed by atoms with van der Waals surface area (Å²) in [4.78, 5) is 0. The standard InChI is InChI=1S/C16H26N/c1-4-17(14(2)3)12-10-16(11-13-17)15-8-6-5-7-9-15/h5-9,14,16H,4,10-13H2,1-3H3/q+1. The van der Waals surface area contributed by atoms with Crippen molar-refractivity contribution < 1.29 is 4.48 Å². The van der Waals surface area contributed by atoms with Gasteiger partial charge in [0.05, 0.1) is 25.7 Å². The van der Waals surface area contributed by atoms with E-state index in [4.69, 9.17) is 0 Å². The van der Waals surface area contributed by atoms with Gasteiger partial charge < -0.3 is 4.48 Å². The molecule has 0 saturated carbocycles. The Morgan fingerprint density at radius 3 is 2.18 bits per heavy atom. The SMILES string of the molecule is CC[N+]1(C(C)C)CCC(c2ccccc2)CC1. The van der Waals surface area contributed by atoms with Gasteiger partial charge in [0.15, 0.2) is 0 Å².